The molecule has 1 aromatic heterocycles. The molecular formula is C17H17N3O5S2. The summed E-state index contributed by atoms with van der Waals surface area (Å²) in [5.74, 6) is 0.872. The molecule has 142 valence electrons. The number of thiazole rings is 1. The quantitative estimate of drug-likeness (QED) is 0.832. The fraction of sp³-hybridized carbons (Fsp3) is 0.412. The van der Waals surface area contributed by atoms with Gasteiger partial charge in [0.25, 0.3) is 5.91 Å². The first-order valence-electron chi connectivity index (χ1n) is 8.69. The zero-order valence-corrected chi connectivity index (χ0v) is 15.9. The summed E-state index contributed by atoms with van der Waals surface area (Å²) in [6.45, 7) is 0.941. The lowest BCUT2D eigenvalue weighted by atomic mass is 10.2. The number of hydrogen-bond acceptors (Lipinski definition) is 7. The average Bonchev–Trinajstić information content (AvgIpc) is 3.29. The molecule has 5 rings (SSSR count). The Morgan fingerprint density at radius 3 is 2.89 bits per heavy atom. The van der Waals surface area contributed by atoms with E-state index in [0.29, 0.717) is 41.7 Å². The van der Waals surface area contributed by atoms with E-state index in [1.807, 2.05) is 0 Å². The van der Waals surface area contributed by atoms with Gasteiger partial charge in [0.1, 0.15) is 0 Å². The fourth-order valence-electron chi connectivity index (χ4n) is 3.23. The number of hydrogen-bond donors (Lipinski definition) is 1. The molecule has 1 amide bonds. The second-order valence-corrected chi connectivity index (χ2v) is 10.0. The summed E-state index contributed by atoms with van der Waals surface area (Å²) in [4.78, 5) is 17.9. The number of aromatic nitrogens is 1. The van der Waals surface area contributed by atoms with Gasteiger partial charge in [-0.15, -0.1) is 11.3 Å². The van der Waals surface area contributed by atoms with Gasteiger partial charge in [0, 0.05) is 30.0 Å². The molecule has 3 aliphatic rings. The molecule has 1 fully saturated rings. The van der Waals surface area contributed by atoms with Crippen molar-refractivity contribution in [3.05, 3.63) is 34.3 Å². The third-order valence-corrected chi connectivity index (χ3v) is 8.20. The molecule has 1 aromatic carbocycles. The molecule has 2 aromatic rings. The van der Waals surface area contributed by atoms with Crippen LogP contribution >= 0.6 is 11.3 Å². The fourth-order valence-corrected chi connectivity index (χ4v) is 6.14. The van der Waals surface area contributed by atoms with Crippen molar-refractivity contribution in [2.75, 3.05) is 18.7 Å². The topological polar surface area (TPSA) is 97.8 Å². The largest absolute Gasteiger partial charge is 0.454 e. The van der Waals surface area contributed by atoms with Crippen molar-refractivity contribution in [3.8, 4) is 11.5 Å². The number of carbonyl (C=O) groups excluding carboxylic acids is 1. The lowest BCUT2D eigenvalue weighted by molar-refractivity contribution is 0.102. The van der Waals surface area contributed by atoms with E-state index in [1.54, 1.807) is 22.5 Å². The Hall–Kier alpha value is -2.17. The number of rotatable bonds is 4. The van der Waals surface area contributed by atoms with Gasteiger partial charge in [-0.25, -0.2) is 13.4 Å². The highest BCUT2D eigenvalue weighted by atomic mass is 32.2. The van der Waals surface area contributed by atoms with E-state index in [4.69, 9.17) is 9.47 Å². The van der Waals surface area contributed by atoms with E-state index in [-0.39, 0.29) is 18.0 Å². The van der Waals surface area contributed by atoms with E-state index in [2.05, 4.69) is 10.3 Å². The van der Waals surface area contributed by atoms with Crippen molar-refractivity contribution < 1.29 is 22.7 Å². The second kappa shape index (κ2) is 6.18. The van der Waals surface area contributed by atoms with Gasteiger partial charge in [-0.1, -0.05) is 0 Å². The Labute approximate surface area is 160 Å². The Balaban J connectivity index is 1.31. The Kier molecular flexibility index (Phi) is 3.88. The molecule has 1 saturated carbocycles. The summed E-state index contributed by atoms with van der Waals surface area (Å²) < 4.78 is 37.0. The van der Waals surface area contributed by atoms with E-state index >= 15 is 0 Å². The van der Waals surface area contributed by atoms with Gasteiger partial charge in [-0.3, -0.25) is 10.1 Å². The molecule has 10 heteroatoms. The lowest BCUT2D eigenvalue weighted by Gasteiger charge is -2.25. The second-order valence-electron chi connectivity index (χ2n) is 6.74. The maximum Gasteiger partial charge on any atom is 0.257 e. The van der Waals surface area contributed by atoms with Gasteiger partial charge >= 0.3 is 0 Å². The van der Waals surface area contributed by atoms with Crippen molar-refractivity contribution in [2.45, 2.75) is 31.1 Å². The summed E-state index contributed by atoms with van der Waals surface area (Å²) in [7, 11) is -3.20. The third-order valence-electron chi connectivity index (χ3n) is 4.86. The van der Waals surface area contributed by atoms with Crippen molar-refractivity contribution in [1.82, 2.24) is 9.29 Å². The smallest absolute Gasteiger partial charge is 0.257 e. The molecule has 0 bridgehead atoms. The Bertz CT molecular complexity index is 1030. The number of ether oxygens (including phenoxy) is 2. The molecule has 0 spiro atoms. The highest BCUT2D eigenvalue weighted by molar-refractivity contribution is 7.90. The molecule has 27 heavy (non-hydrogen) atoms. The van der Waals surface area contributed by atoms with Gasteiger partial charge in [0.15, 0.2) is 16.6 Å². The van der Waals surface area contributed by atoms with Gasteiger partial charge in [-0.05, 0) is 31.0 Å². The van der Waals surface area contributed by atoms with Gasteiger partial charge < -0.3 is 9.47 Å². The molecular weight excluding hydrogens is 390 g/mol. The Morgan fingerprint density at radius 1 is 1.26 bits per heavy atom. The van der Waals surface area contributed by atoms with Crippen LogP contribution in [0.4, 0.5) is 5.13 Å². The molecule has 0 atom stereocenters. The summed E-state index contributed by atoms with van der Waals surface area (Å²) in [5.41, 5.74) is 1.31. The molecule has 8 nitrogen and oxygen atoms in total. The number of benzene rings is 1. The van der Waals surface area contributed by atoms with Crippen molar-refractivity contribution in [2.24, 2.45) is 0 Å². The molecule has 0 saturated heterocycles. The number of nitrogens with zero attached hydrogens (tertiary/aromatic N) is 2. The van der Waals surface area contributed by atoms with E-state index in [1.165, 1.54) is 11.3 Å². The van der Waals surface area contributed by atoms with Crippen LogP contribution in [0.2, 0.25) is 0 Å². The van der Waals surface area contributed by atoms with Crippen LogP contribution in [0.25, 0.3) is 0 Å². The summed E-state index contributed by atoms with van der Waals surface area (Å²) in [5, 5.41) is 3.07. The predicted octanol–water partition coefficient (Wildman–Crippen LogP) is 1.97. The maximum atomic E-state index is 12.5. The monoisotopic (exact) mass is 407 g/mol. The third kappa shape index (κ3) is 3.07. The zero-order chi connectivity index (χ0) is 18.6. The van der Waals surface area contributed by atoms with E-state index in [9.17, 15) is 13.2 Å². The SMILES string of the molecule is O=C(Nc1nc2c(s1)CN(S(=O)(=O)C1CC1)CC2)c1ccc2c(c1)OCO2. The first kappa shape index (κ1) is 17.0. The number of fused-ring (bicyclic) bond motifs is 2. The predicted molar refractivity (Wildman–Crippen MR) is 98.7 cm³/mol. The van der Waals surface area contributed by atoms with Crippen LogP contribution in [-0.2, 0) is 23.0 Å². The minimum Gasteiger partial charge on any atom is -0.454 e. The minimum atomic E-state index is -3.20. The number of carbonyl (C=O) groups is 1. The molecule has 0 radical (unpaired) electrons. The molecule has 1 N–H and O–H groups in total. The minimum absolute atomic E-state index is 0.153. The molecule has 0 unspecified atom stereocenters. The van der Waals surface area contributed by atoms with Crippen molar-refractivity contribution in [3.63, 3.8) is 0 Å². The van der Waals surface area contributed by atoms with Crippen LogP contribution in [0.5, 0.6) is 11.5 Å². The van der Waals surface area contributed by atoms with Gasteiger partial charge in [0.2, 0.25) is 16.8 Å². The highest BCUT2D eigenvalue weighted by Crippen LogP contribution is 2.36. The van der Waals surface area contributed by atoms with Crippen LogP contribution in [-0.4, -0.2) is 42.2 Å². The van der Waals surface area contributed by atoms with Crippen LogP contribution < -0.4 is 14.8 Å². The first-order valence-corrected chi connectivity index (χ1v) is 11.0. The summed E-state index contributed by atoms with van der Waals surface area (Å²) in [6, 6.07) is 5.00. The van der Waals surface area contributed by atoms with E-state index < -0.39 is 10.0 Å². The van der Waals surface area contributed by atoms with Crippen LogP contribution in [0.15, 0.2) is 18.2 Å². The Morgan fingerprint density at radius 2 is 2.07 bits per heavy atom. The maximum absolute atomic E-state index is 12.5. The highest BCUT2D eigenvalue weighted by Gasteiger charge is 2.41. The summed E-state index contributed by atoms with van der Waals surface area (Å²) >= 11 is 1.33. The number of amides is 1. The normalized spacial score (nSPS) is 19.0. The molecule has 3 heterocycles. The van der Waals surface area contributed by atoms with Gasteiger partial charge in [0.05, 0.1) is 10.9 Å². The van der Waals surface area contributed by atoms with Crippen LogP contribution in [0.1, 0.15) is 33.8 Å². The first-order chi connectivity index (χ1) is 13.0. The average molecular weight is 407 g/mol. The standard InChI is InChI=1S/C17H17N3O5S2/c21-16(10-1-4-13-14(7-10)25-9-24-13)19-17-18-12-5-6-20(8-15(12)26-17)27(22,23)11-2-3-11/h1,4,7,11H,2-3,5-6,8-9H2,(H,18,19,21). The molecule has 2 aliphatic heterocycles. The zero-order valence-electron chi connectivity index (χ0n) is 14.3. The number of nitrogens with one attached hydrogen (secondary N) is 1. The van der Waals surface area contributed by atoms with Crippen LogP contribution in [0.3, 0.4) is 0 Å². The van der Waals surface area contributed by atoms with Crippen molar-refractivity contribution in [1.29, 1.82) is 0 Å². The van der Waals surface area contributed by atoms with Gasteiger partial charge in [-0.2, -0.15) is 4.31 Å². The number of sulfonamides is 1. The van der Waals surface area contributed by atoms with E-state index in [0.717, 1.165) is 23.4 Å². The van der Waals surface area contributed by atoms with Crippen molar-refractivity contribution >= 4 is 32.4 Å². The lowest BCUT2D eigenvalue weighted by Crippen LogP contribution is -2.37. The number of anilines is 1. The summed E-state index contributed by atoms with van der Waals surface area (Å²) in [6.07, 6.45) is 2.08. The molecule has 1 aliphatic carbocycles. The van der Waals surface area contributed by atoms with Crippen LogP contribution in [0, 0.1) is 0 Å².